The Kier molecular flexibility index (Phi) is 6.87. The fourth-order valence-corrected chi connectivity index (χ4v) is 2.50. The first-order chi connectivity index (χ1) is 15.4. The summed E-state index contributed by atoms with van der Waals surface area (Å²) in [5.41, 5.74) is 1.26. The Morgan fingerprint density at radius 2 is 1.53 bits per heavy atom. The molecule has 0 aromatic heterocycles. The SMILES string of the molecule is C=CC(=O)OOc1ccc(C(=[OH+])Oc2ccc(OC(=O)c3ccc(O)cc3)cc2C)cc1. The third-order valence-electron chi connectivity index (χ3n) is 4.15. The molecule has 0 atom stereocenters. The van der Waals surface area contributed by atoms with Crippen LogP contribution in [-0.4, -0.2) is 27.8 Å². The minimum atomic E-state index is -0.737. The van der Waals surface area contributed by atoms with Crippen LogP contribution in [0.2, 0.25) is 0 Å². The topological polar surface area (TPSA) is 113 Å². The highest BCUT2D eigenvalue weighted by Gasteiger charge is 2.21. The molecule has 32 heavy (non-hydrogen) atoms. The molecule has 0 spiro atoms. The second-order valence-electron chi connectivity index (χ2n) is 6.49. The summed E-state index contributed by atoms with van der Waals surface area (Å²) in [5.74, 6) is -0.735. The van der Waals surface area contributed by atoms with Crippen molar-refractivity contribution >= 4 is 17.9 Å². The fraction of sp³-hybridized carbons (Fsp3) is 0.0417. The van der Waals surface area contributed by atoms with Gasteiger partial charge in [-0.3, -0.25) is 9.62 Å². The predicted molar refractivity (Wildman–Crippen MR) is 114 cm³/mol. The van der Waals surface area contributed by atoms with E-state index >= 15 is 0 Å². The minimum absolute atomic E-state index is 0.0493. The predicted octanol–water partition coefficient (Wildman–Crippen LogP) is 3.87. The van der Waals surface area contributed by atoms with E-state index in [2.05, 4.69) is 11.5 Å². The van der Waals surface area contributed by atoms with Gasteiger partial charge in [0.2, 0.25) is 0 Å². The molecule has 0 bridgehead atoms. The number of carbonyl (C=O) groups is 2. The van der Waals surface area contributed by atoms with Crippen molar-refractivity contribution in [2.75, 3.05) is 0 Å². The lowest BCUT2D eigenvalue weighted by Gasteiger charge is -2.06. The molecule has 0 aliphatic heterocycles. The second-order valence-corrected chi connectivity index (χ2v) is 6.49. The summed E-state index contributed by atoms with van der Waals surface area (Å²) in [6.07, 6.45) is 0.962. The van der Waals surface area contributed by atoms with Crippen molar-refractivity contribution in [2.45, 2.75) is 6.92 Å². The fourth-order valence-electron chi connectivity index (χ4n) is 2.50. The van der Waals surface area contributed by atoms with Gasteiger partial charge in [0.15, 0.2) is 5.75 Å². The van der Waals surface area contributed by atoms with Gasteiger partial charge >= 0.3 is 17.9 Å². The van der Waals surface area contributed by atoms with E-state index in [1.807, 2.05) is 0 Å². The van der Waals surface area contributed by atoms with Crippen LogP contribution in [0.1, 0.15) is 21.5 Å². The van der Waals surface area contributed by atoms with Crippen LogP contribution in [0.4, 0.5) is 0 Å². The van der Waals surface area contributed by atoms with Crippen molar-refractivity contribution in [3.8, 4) is 23.0 Å². The van der Waals surface area contributed by atoms with Crippen molar-refractivity contribution < 1.29 is 38.7 Å². The summed E-state index contributed by atoms with van der Waals surface area (Å²) in [6.45, 7) is 4.98. The molecule has 0 heterocycles. The van der Waals surface area contributed by atoms with Gasteiger partial charge in [0, 0.05) is 17.7 Å². The van der Waals surface area contributed by atoms with Crippen molar-refractivity contribution in [1.29, 1.82) is 0 Å². The third-order valence-corrected chi connectivity index (χ3v) is 4.15. The minimum Gasteiger partial charge on any atom is -0.508 e. The Morgan fingerprint density at radius 1 is 0.906 bits per heavy atom. The summed E-state index contributed by atoms with van der Waals surface area (Å²) in [5, 5.41) is 9.30. The van der Waals surface area contributed by atoms with E-state index in [1.165, 1.54) is 54.6 Å². The number of esters is 2. The second kappa shape index (κ2) is 9.94. The number of phenols is 1. The zero-order valence-corrected chi connectivity index (χ0v) is 17.0. The molecule has 3 aromatic rings. The van der Waals surface area contributed by atoms with E-state index in [-0.39, 0.29) is 17.5 Å². The molecule has 0 saturated heterocycles. The molecular formula is C24H19O8+. The Morgan fingerprint density at radius 3 is 2.16 bits per heavy atom. The molecule has 0 aliphatic carbocycles. The van der Waals surface area contributed by atoms with E-state index in [0.717, 1.165) is 6.08 Å². The average molecular weight is 435 g/mol. The molecule has 0 saturated carbocycles. The average Bonchev–Trinajstić information content (AvgIpc) is 2.79. The van der Waals surface area contributed by atoms with Crippen LogP contribution in [0, 0.1) is 6.92 Å². The Bertz CT molecular complexity index is 1150. The van der Waals surface area contributed by atoms with Crippen molar-refractivity contribution in [3.05, 3.63) is 96.1 Å². The molecule has 0 fully saturated rings. The van der Waals surface area contributed by atoms with Gasteiger partial charge in [-0.25, -0.2) is 14.5 Å². The maximum atomic E-state index is 12.2. The first kappa shape index (κ1) is 22.1. The lowest BCUT2D eigenvalue weighted by atomic mass is 10.2. The van der Waals surface area contributed by atoms with Gasteiger partial charge in [-0.15, -0.1) is 0 Å². The van der Waals surface area contributed by atoms with Gasteiger partial charge in [-0.2, -0.15) is 0 Å². The van der Waals surface area contributed by atoms with Gasteiger partial charge in [-0.05, 0) is 67.6 Å². The first-order valence-electron chi connectivity index (χ1n) is 9.32. The van der Waals surface area contributed by atoms with Gasteiger partial charge in [0.25, 0.3) is 5.75 Å². The van der Waals surface area contributed by atoms with Crippen molar-refractivity contribution in [1.82, 2.24) is 0 Å². The number of benzene rings is 3. The number of rotatable bonds is 7. The van der Waals surface area contributed by atoms with Crippen LogP contribution in [0.5, 0.6) is 23.0 Å². The molecule has 0 amide bonds. The number of carbonyl (C=O) groups excluding carboxylic acids is 3. The molecule has 3 rings (SSSR count). The van der Waals surface area contributed by atoms with Gasteiger partial charge in [0.1, 0.15) is 17.1 Å². The van der Waals surface area contributed by atoms with E-state index in [0.29, 0.717) is 28.2 Å². The van der Waals surface area contributed by atoms with Crippen molar-refractivity contribution in [3.63, 3.8) is 0 Å². The van der Waals surface area contributed by atoms with E-state index < -0.39 is 11.9 Å². The molecular weight excluding hydrogens is 416 g/mol. The number of hydrogen-bond donors (Lipinski definition) is 1. The van der Waals surface area contributed by atoms with Crippen LogP contribution >= 0.6 is 0 Å². The molecule has 0 radical (unpaired) electrons. The van der Waals surface area contributed by atoms with Crippen LogP contribution in [0.3, 0.4) is 0 Å². The molecule has 162 valence electrons. The van der Waals surface area contributed by atoms with Gasteiger partial charge in [-0.1, -0.05) is 6.58 Å². The number of aryl methyl sites for hydroxylation is 1. The zero-order valence-electron chi connectivity index (χ0n) is 17.0. The molecule has 3 aromatic carbocycles. The molecule has 8 heteroatoms. The summed E-state index contributed by atoms with van der Waals surface area (Å²) in [6, 6.07) is 16.3. The molecule has 0 aliphatic rings. The van der Waals surface area contributed by atoms with Crippen LogP contribution in [0.25, 0.3) is 0 Å². The summed E-state index contributed by atoms with van der Waals surface area (Å²) < 4.78 is 10.8. The Labute approximate surface area is 183 Å². The summed E-state index contributed by atoms with van der Waals surface area (Å²) in [4.78, 5) is 42.7. The van der Waals surface area contributed by atoms with Crippen molar-refractivity contribution in [2.24, 2.45) is 0 Å². The first-order valence-corrected chi connectivity index (χ1v) is 9.32. The maximum absolute atomic E-state index is 12.2. The lowest BCUT2D eigenvalue weighted by molar-refractivity contribution is -0.207. The number of ether oxygens (including phenoxy) is 2. The quantitative estimate of drug-likeness (QED) is 0.150. The highest BCUT2D eigenvalue weighted by molar-refractivity contribution is 5.92. The van der Waals surface area contributed by atoms with Gasteiger partial charge < -0.3 is 14.6 Å². The number of phenolic OH excluding ortho intramolecular Hbond substituents is 1. The van der Waals surface area contributed by atoms with Crippen LogP contribution < -0.4 is 14.4 Å². The molecule has 8 nitrogen and oxygen atoms in total. The normalized spacial score (nSPS) is 10.0. The summed E-state index contributed by atoms with van der Waals surface area (Å²) >= 11 is 0. The zero-order chi connectivity index (χ0) is 23.1. The third kappa shape index (κ3) is 5.73. The van der Waals surface area contributed by atoms with E-state index in [1.54, 1.807) is 19.1 Å². The smallest absolute Gasteiger partial charge is 0.508 e. The highest BCUT2D eigenvalue weighted by Crippen LogP contribution is 2.25. The van der Waals surface area contributed by atoms with Crippen LogP contribution in [0.15, 0.2) is 79.4 Å². The lowest BCUT2D eigenvalue weighted by Crippen LogP contribution is -2.12. The van der Waals surface area contributed by atoms with E-state index in [9.17, 15) is 19.5 Å². The summed E-state index contributed by atoms with van der Waals surface area (Å²) in [7, 11) is 0. The van der Waals surface area contributed by atoms with Gasteiger partial charge in [0.05, 0.1) is 5.56 Å². The Hall–Kier alpha value is -4.59. The molecule has 0 unspecified atom stereocenters. The maximum Gasteiger partial charge on any atom is 0.523 e. The monoisotopic (exact) mass is 435 g/mol. The molecule has 2 N–H and O–H groups in total. The van der Waals surface area contributed by atoms with Crippen LogP contribution in [-0.2, 0) is 9.68 Å². The highest BCUT2D eigenvalue weighted by atomic mass is 17.2. The number of aromatic hydroxyl groups is 1. The standard InChI is InChI=1S/C24H18O8/c1-3-22(26)32-31-19-10-6-17(7-11-19)24(28)30-21-13-12-20(14-15(21)2)29-23(27)16-4-8-18(25)9-5-16/h3-14,25H,1H2,2H3/p+1. The largest absolute Gasteiger partial charge is 0.523 e. The number of hydrogen-bond acceptors (Lipinski definition) is 7. The Balaban J connectivity index is 1.61. The van der Waals surface area contributed by atoms with E-state index in [4.69, 9.17) is 14.4 Å².